The Morgan fingerprint density at radius 3 is 2.70 bits per heavy atom. The molecule has 1 fully saturated rings. The number of rotatable bonds is 5. The molecule has 2 rings (SSSR count). The van der Waals surface area contributed by atoms with Crippen LogP contribution in [0.3, 0.4) is 0 Å². The van der Waals surface area contributed by atoms with E-state index in [0.717, 1.165) is 35.6 Å². The third-order valence-corrected chi connectivity index (χ3v) is 4.32. The van der Waals surface area contributed by atoms with Crippen molar-refractivity contribution >= 4 is 15.9 Å². The average Bonchev–Trinajstić information content (AvgIpc) is 2.71. The molecular formula is C15H23BrN2O2. The zero-order chi connectivity index (χ0) is 14.7. The van der Waals surface area contributed by atoms with Crippen LogP contribution in [0.4, 0.5) is 0 Å². The van der Waals surface area contributed by atoms with Crippen LogP contribution in [0.25, 0.3) is 0 Å². The van der Waals surface area contributed by atoms with E-state index in [2.05, 4.69) is 33.8 Å². The minimum absolute atomic E-state index is 0.281. The lowest BCUT2D eigenvalue weighted by atomic mass is 10.1. The van der Waals surface area contributed by atoms with Gasteiger partial charge in [0.15, 0.2) is 11.5 Å². The lowest BCUT2D eigenvalue weighted by Crippen LogP contribution is -2.28. The summed E-state index contributed by atoms with van der Waals surface area (Å²) in [4.78, 5) is 2.39. The minimum atomic E-state index is 0.281. The standard InChI is InChI=1S/C15H23BrN2O2/c1-4-20-15-12(16)5-11(6-14(15)19-3)8-18-7-10(2)13(17)9-18/h5-6,10,13H,4,7-9,17H2,1-3H3. The number of benzene rings is 1. The number of nitrogens with two attached hydrogens (primary N) is 1. The first-order chi connectivity index (χ1) is 9.55. The van der Waals surface area contributed by atoms with Crippen LogP contribution in [0.5, 0.6) is 11.5 Å². The van der Waals surface area contributed by atoms with Gasteiger partial charge in [-0.25, -0.2) is 0 Å². The Bertz CT molecular complexity index is 457. The van der Waals surface area contributed by atoms with Crippen LogP contribution in [0.1, 0.15) is 19.4 Å². The van der Waals surface area contributed by atoms with E-state index in [0.29, 0.717) is 12.5 Å². The average molecular weight is 343 g/mol. The van der Waals surface area contributed by atoms with Gasteiger partial charge in [-0.2, -0.15) is 0 Å². The maximum atomic E-state index is 6.08. The number of hydrogen-bond donors (Lipinski definition) is 1. The van der Waals surface area contributed by atoms with E-state index in [1.807, 2.05) is 13.0 Å². The number of methoxy groups -OCH3 is 1. The molecule has 1 aromatic rings. The highest BCUT2D eigenvalue weighted by Gasteiger charge is 2.26. The molecule has 0 amide bonds. The van der Waals surface area contributed by atoms with E-state index in [1.54, 1.807) is 7.11 Å². The summed E-state index contributed by atoms with van der Waals surface area (Å²) >= 11 is 3.56. The molecule has 2 atom stereocenters. The highest BCUT2D eigenvalue weighted by atomic mass is 79.9. The molecule has 1 aromatic carbocycles. The van der Waals surface area contributed by atoms with Crippen molar-refractivity contribution in [1.29, 1.82) is 0 Å². The molecule has 4 nitrogen and oxygen atoms in total. The lowest BCUT2D eigenvalue weighted by Gasteiger charge is -2.18. The molecule has 2 N–H and O–H groups in total. The number of nitrogens with zero attached hydrogens (tertiary/aromatic N) is 1. The number of hydrogen-bond acceptors (Lipinski definition) is 4. The van der Waals surface area contributed by atoms with Crippen molar-refractivity contribution in [3.8, 4) is 11.5 Å². The fourth-order valence-corrected chi connectivity index (χ4v) is 3.24. The molecule has 0 aliphatic carbocycles. The maximum absolute atomic E-state index is 6.08. The Labute approximate surface area is 129 Å². The molecule has 1 heterocycles. The van der Waals surface area contributed by atoms with E-state index in [4.69, 9.17) is 15.2 Å². The van der Waals surface area contributed by atoms with Crippen molar-refractivity contribution in [2.24, 2.45) is 11.7 Å². The van der Waals surface area contributed by atoms with E-state index in [1.165, 1.54) is 5.56 Å². The van der Waals surface area contributed by atoms with Crippen molar-refractivity contribution in [3.05, 3.63) is 22.2 Å². The Hall–Kier alpha value is -0.780. The van der Waals surface area contributed by atoms with Crippen molar-refractivity contribution in [2.75, 3.05) is 26.8 Å². The summed E-state index contributed by atoms with van der Waals surface area (Å²) in [6.45, 7) is 7.68. The van der Waals surface area contributed by atoms with Crippen LogP contribution >= 0.6 is 15.9 Å². The van der Waals surface area contributed by atoms with Crippen molar-refractivity contribution < 1.29 is 9.47 Å². The summed E-state index contributed by atoms with van der Waals surface area (Å²) in [5, 5.41) is 0. The van der Waals surface area contributed by atoms with Gasteiger partial charge < -0.3 is 15.2 Å². The largest absolute Gasteiger partial charge is 0.493 e. The summed E-state index contributed by atoms with van der Waals surface area (Å²) in [5.74, 6) is 2.10. The summed E-state index contributed by atoms with van der Waals surface area (Å²) in [6, 6.07) is 4.43. The van der Waals surface area contributed by atoms with E-state index >= 15 is 0 Å². The molecule has 0 radical (unpaired) electrons. The molecule has 0 aromatic heterocycles. The van der Waals surface area contributed by atoms with Crippen LogP contribution in [-0.2, 0) is 6.54 Å². The van der Waals surface area contributed by atoms with E-state index < -0.39 is 0 Å². The van der Waals surface area contributed by atoms with Crippen LogP contribution < -0.4 is 15.2 Å². The molecule has 5 heteroatoms. The van der Waals surface area contributed by atoms with Gasteiger partial charge in [0, 0.05) is 25.7 Å². The van der Waals surface area contributed by atoms with Gasteiger partial charge in [-0.3, -0.25) is 4.90 Å². The van der Waals surface area contributed by atoms with Crippen LogP contribution in [0.2, 0.25) is 0 Å². The topological polar surface area (TPSA) is 47.7 Å². The van der Waals surface area contributed by atoms with Gasteiger partial charge in [0.2, 0.25) is 0 Å². The maximum Gasteiger partial charge on any atom is 0.175 e. The van der Waals surface area contributed by atoms with E-state index in [9.17, 15) is 0 Å². The monoisotopic (exact) mass is 342 g/mol. The molecule has 1 aliphatic rings. The molecule has 0 spiro atoms. The van der Waals surface area contributed by atoms with Gasteiger partial charge >= 0.3 is 0 Å². The highest BCUT2D eigenvalue weighted by molar-refractivity contribution is 9.10. The second-order valence-corrected chi connectivity index (χ2v) is 6.23. The van der Waals surface area contributed by atoms with Gasteiger partial charge in [0.05, 0.1) is 18.2 Å². The van der Waals surface area contributed by atoms with Gasteiger partial charge in [-0.1, -0.05) is 6.92 Å². The predicted octanol–water partition coefficient (Wildman–Crippen LogP) is 2.64. The Kier molecular flexibility index (Phi) is 5.29. The van der Waals surface area contributed by atoms with Gasteiger partial charge in [-0.05, 0) is 46.5 Å². The van der Waals surface area contributed by atoms with Crippen molar-refractivity contribution in [2.45, 2.75) is 26.4 Å². The number of halogens is 1. The first-order valence-corrected chi connectivity index (χ1v) is 7.81. The second kappa shape index (κ2) is 6.78. The molecule has 2 unspecified atom stereocenters. The third kappa shape index (κ3) is 3.45. The van der Waals surface area contributed by atoms with Crippen molar-refractivity contribution in [1.82, 2.24) is 4.90 Å². The fourth-order valence-electron chi connectivity index (χ4n) is 2.63. The Morgan fingerprint density at radius 2 is 2.15 bits per heavy atom. The number of ether oxygens (including phenoxy) is 2. The molecule has 20 heavy (non-hydrogen) atoms. The SMILES string of the molecule is CCOc1c(Br)cc(CN2CC(C)C(N)C2)cc1OC. The van der Waals surface area contributed by atoms with Crippen LogP contribution in [0, 0.1) is 5.92 Å². The fraction of sp³-hybridized carbons (Fsp3) is 0.600. The molecule has 0 bridgehead atoms. The first-order valence-electron chi connectivity index (χ1n) is 7.02. The smallest absolute Gasteiger partial charge is 0.175 e. The van der Waals surface area contributed by atoms with Gasteiger partial charge in [0.1, 0.15) is 0 Å². The molecular weight excluding hydrogens is 320 g/mol. The quantitative estimate of drug-likeness (QED) is 0.893. The summed E-state index contributed by atoms with van der Waals surface area (Å²) in [7, 11) is 1.67. The molecule has 1 aliphatic heterocycles. The molecule has 0 saturated carbocycles. The van der Waals surface area contributed by atoms with Gasteiger partial charge in [-0.15, -0.1) is 0 Å². The second-order valence-electron chi connectivity index (χ2n) is 5.38. The molecule has 112 valence electrons. The highest BCUT2D eigenvalue weighted by Crippen LogP contribution is 2.37. The van der Waals surface area contributed by atoms with E-state index in [-0.39, 0.29) is 6.04 Å². The van der Waals surface area contributed by atoms with Crippen LogP contribution in [-0.4, -0.2) is 37.7 Å². The van der Waals surface area contributed by atoms with Crippen LogP contribution in [0.15, 0.2) is 16.6 Å². The first kappa shape index (κ1) is 15.6. The summed E-state index contributed by atoms with van der Waals surface area (Å²) in [5.41, 5.74) is 7.28. The summed E-state index contributed by atoms with van der Waals surface area (Å²) < 4.78 is 12.0. The summed E-state index contributed by atoms with van der Waals surface area (Å²) in [6.07, 6.45) is 0. The zero-order valence-corrected chi connectivity index (χ0v) is 13.9. The van der Waals surface area contributed by atoms with Gasteiger partial charge in [0.25, 0.3) is 0 Å². The Balaban J connectivity index is 2.15. The minimum Gasteiger partial charge on any atom is -0.493 e. The third-order valence-electron chi connectivity index (χ3n) is 3.73. The number of likely N-dealkylation sites (tertiary alicyclic amines) is 1. The lowest BCUT2D eigenvalue weighted by molar-refractivity contribution is 0.303. The zero-order valence-electron chi connectivity index (χ0n) is 12.4. The molecule has 1 saturated heterocycles. The normalized spacial score (nSPS) is 23.1. The van der Waals surface area contributed by atoms with Crippen molar-refractivity contribution in [3.63, 3.8) is 0 Å². The Morgan fingerprint density at radius 1 is 1.40 bits per heavy atom. The predicted molar refractivity (Wildman–Crippen MR) is 84.3 cm³/mol.